The van der Waals surface area contributed by atoms with Gasteiger partial charge in [-0.15, -0.1) is 0 Å². The molecule has 0 bridgehead atoms. The lowest BCUT2D eigenvalue weighted by Crippen LogP contribution is -2.13. The number of imidazole rings is 1. The fourth-order valence-electron chi connectivity index (χ4n) is 0.801. The number of halogens is 1. The van der Waals surface area contributed by atoms with Gasteiger partial charge in [-0.25, -0.2) is 4.98 Å². The van der Waals surface area contributed by atoms with Crippen LogP contribution in [-0.4, -0.2) is 9.97 Å². The molecule has 0 aromatic carbocycles. The zero-order chi connectivity index (χ0) is 7.78. The minimum absolute atomic E-state index is 0.204. The van der Waals surface area contributed by atoms with E-state index in [0.717, 1.165) is 0 Å². The van der Waals surface area contributed by atoms with Gasteiger partial charge in [0.05, 0.1) is 6.33 Å². The number of nitrogens with one attached hydrogen (secondary N) is 1. The van der Waals surface area contributed by atoms with E-state index in [9.17, 15) is 4.39 Å². The Morgan fingerprint density at radius 3 is 2.30 bits per heavy atom. The molecule has 0 atom stereocenters. The Morgan fingerprint density at radius 1 is 1.50 bits per heavy atom. The van der Waals surface area contributed by atoms with Gasteiger partial charge < -0.3 is 4.98 Å². The Balaban J connectivity index is 3.05. The molecule has 1 N–H and O–H groups in total. The van der Waals surface area contributed by atoms with Crippen LogP contribution in [0.4, 0.5) is 4.39 Å². The van der Waals surface area contributed by atoms with Crippen LogP contribution in [0.15, 0.2) is 6.33 Å². The standard InChI is InChI=1S/C7H11FN2/c1-7(2,3)5-6(8)10-4-9-5/h4H,1-3H3,(H,9,10). The molecule has 1 aromatic rings. The Kier molecular flexibility index (Phi) is 1.50. The number of aromatic nitrogens is 2. The zero-order valence-electron chi connectivity index (χ0n) is 6.40. The molecule has 0 spiro atoms. The summed E-state index contributed by atoms with van der Waals surface area (Å²) in [4.78, 5) is 6.25. The molecule has 1 heterocycles. The van der Waals surface area contributed by atoms with E-state index in [1.807, 2.05) is 20.8 Å². The van der Waals surface area contributed by atoms with E-state index in [4.69, 9.17) is 0 Å². The highest BCUT2D eigenvalue weighted by molar-refractivity contribution is 5.09. The summed E-state index contributed by atoms with van der Waals surface area (Å²) in [5, 5.41) is 0. The van der Waals surface area contributed by atoms with Crippen molar-refractivity contribution in [3.63, 3.8) is 0 Å². The number of H-pyrrole nitrogens is 1. The van der Waals surface area contributed by atoms with Gasteiger partial charge in [-0.05, 0) is 0 Å². The van der Waals surface area contributed by atoms with Crippen LogP contribution in [-0.2, 0) is 5.41 Å². The third-order valence-corrected chi connectivity index (χ3v) is 1.30. The van der Waals surface area contributed by atoms with E-state index in [1.165, 1.54) is 6.33 Å². The van der Waals surface area contributed by atoms with Crippen molar-refractivity contribution >= 4 is 0 Å². The molecule has 0 aliphatic carbocycles. The fourth-order valence-corrected chi connectivity index (χ4v) is 0.801. The van der Waals surface area contributed by atoms with Crippen molar-refractivity contribution in [1.82, 2.24) is 9.97 Å². The number of nitrogens with zero attached hydrogens (tertiary/aromatic N) is 1. The summed E-state index contributed by atoms with van der Waals surface area (Å²) in [7, 11) is 0. The maximum atomic E-state index is 12.7. The highest BCUT2D eigenvalue weighted by Gasteiger charge is 2.20. The lowest BCUT2D eigenvalue weighted by Gasteiger charge is -2.14. The minimum atomic E-state index is -0.326. The van der Waals surface area contributed by atoms with Crippen LogP contribution in [0.1, 0.15) is 26.5 Å². The van der Waals surface area contributed by atoms with Crippen LogP contribution < -0.4 is 0 Å². The Labute approximate surface area is 59.5 Å². The lowest BCUT2D eigenvalue weighted by molar-refractivity contribution is 0.498. The molecule has 0 saturated carbocycles. The van der Waals surface area contributed by atoms with E-state index >= 15 is 0 Å². The normalized spacial score (nSPS) is 12.0. The van der Waals surface area contributed by atoms with E-state index in [1.54, 1.807) is 0 Å². The van der Waals surface area contributed by atoms with Gasteiger partial charge in [-0.2, -0.15) is 4.39 Å². The molecular formula is C7H11FN2. The van der Waals surface area contributed by atoms with Crippen molar-refractivity contribution in [2.75, 3.05) is 0 Å². The maximum Gasteiger partial charge on any atom is 0.214 e. The van der Waals surface area contributed by atoms with Crippen molar-refractivity contribution < 1.29 is 4.39 Å². The molecule has 1 aromatic heterocycles. The van der Waals surface area contributed by atoms with Gasteiger partial charge in [0.2, 0.25) is 5.95 Å². The summed E-state index contributed by atoms with van der Waals surface area (Å²) in [6.07, 6.45) is 1.37. The molecule has 2 nitrogen and oxygen atoms in total. The fraction of sp³-hybridized carbons (Fsp3) is 0.571. The van der Waals surface area contributed by atoms with Crippen molar-refractivity contribution in [2.24, 2.45) is 0 Å². The number of hydrogen-bond donors (Lipinski definition) is 1. The first kappa shape index (κ1) is 7.25. The maximum absolute atomic E-state index is 12.7. The molecule has 10 heavy (non-hydrogen) atoms. The van der Waals surface area contributed by atoms with Crippen molar-refractivity contribution in [1.29, 1.82) is 0 Å². The van der Waals surface area contributed by atoms with Gasteiger partial charge >= 0.3 is 0 Å². The summed E-state index contributed by atoms with van der Waals surface area (Å²) >= 11 is 0. The van der Waals surface area contributed by atoms with Gasteiger partial charge in [0.1, 0.15) is 5.69 Å². The molecule has 0 radical (unpaired) electrons. The second-order valence-corrected chi connectivity index (χ2v) is 3.32. The van der Waals surface area contributed by atoms with Gasteiger partial charge in [0.15, 0.2) is 0 Å². The SMILES string of the molecule is CC(C)(C)c1nc[nH]c1F. The van der Waals surface area contributed by atoms with E-state index < -0.39 is 0 Å². The quantitative estimate of drug-likeness (QED) is 0.588. The first-order chi connectivity index (χ1) is 4.52. The highest BCUT2D eigenvalue weighted by Crippen LogP contribution is 2.21. The third-order valence-electron chi connectivity index (χ3n) is 1.30. The van der Waals surface area contributed by atoms with Gasteiger partial charge in [-0.3, -0.25) is 0 Å². The van der Waals surface area contributed by atoms with Crippen molar-refractivity contribution in [3.8, 4) is 0 Å². The van der Waals surface area contributed by atoms with Gasteiger partial charge in [0.25, 0.3) is 0 Å². The number of rotatable bonds is 0. The van der Waals surface area contributed by atoms with Gasteiger partial charge in [-0.1, -0.05) is 20.8 Å². The Morgan fingerprint density at radius 2 is 2.10 bits per heavy atom. The highest BCUT2D eigenvalue weighted by atomic mass is 19.1. The average Bonchev–Trinajstić information content (AvgIpc) is 2.11. The first-order valence-electron chi connectivity index (χ1n) is 3.21. The Bertz CT molecular complexity index is 222. The summed E-state index contributed by atoms with van der Waals surface area (Å²) in [5.41, 5.74) is 0.289. The minimum Gasteiger partial charge on any atom is -0.321 e. The summed E-state index contributed by atoms with van der Waals surface area (Å²) in [6.45, 7) is 5.77. The Hall–Kier alpha value is -0.860. The predicted octanol–water partition coefficient (Wildman–Crippen LogP) is 1.85. The van der Waals surface area contributed by atoms with E-state index in [0.29, 0.717) is 5.69 Å². The largest absolute Gasteiger partial charge is 0.321 e. The van der Waals surface area contributed by atoms with E-state index in [2.05, 4.69) is 9.97 Å². The van der Waals surface area contributed by atoms with Crippen LogP contribution in [0.5, 0.6) is 0 Å². The van der Waals surface area contributed by atoms with Crippen molar-refractivity contribution in [3.05, 3.63) is 18.0 Å². The van der Waals surface area contributed by atoms with Crippen LogP contribution >= 0.6 is 0 Å². The van der Waals surface area contributed by atoms with Crippen LogP contribution in [0, 0.1) is 5.95 Å². The molecule has 1 rings (SSSR count). The monoisotopic (exact) mass is 142 g/mol. The molecule has 56 valence electrons. The smallest absolute Gasteiger partial charge is 0.214 e. The van der Waals surface area contributed by atoms with E-state index in [-0.39, 0.29) is 11.4 Å². The molecule has 0 amide bonds. The topological polar surface area (TPSA) is 28.7 Å². The molecule has 0 saturated heterocycles. The van der Waals surface area contributed by atoms with Crippen LogP contribution in [0.2, 0.25) is 0 Å². The summed E-state index contributed by atoms with van der Waals surface area (Å²) in [5.74, 6) is -0.326. The van der Waals surface area contributed by atoms with Crippen LogP contribution in [0.25, 0.3) is 0 Å². The third kappa shape index (κ3) is 1.17. The van der Waals surface area contributed by atoms with Crippen molar-refractivity contribution in [2.45, 2.75) is 26.2 Å². The summed E-state index contributed by atoms with van der Waals surface area (Å²) < 4.78 is 12.7. The second kappa shape index (κ2) is 2.08. The van der Waals surface area contributed by atoms with Gasteiger partial charge in [0, 0.05) is 5.41 Å². The molecular weight excluding hydrogens is 131 g/mol. The molecule has 3 heteroatoms. The first-order valence-corrected chi connectivity index (χ1v) is 3.21. The van der Waals surface area contributed by atoms with Crippen LogP contribution in [0.3, 0.4) is 0 Å². The number of hydrogen-bond acceptors (Lipinski definition) is 1. The molecule has 0 aliphatic rings. The molecule has 0 aliphatic heterocycles. The lowest BCUT2D eigenvalue weighted by atomic mass is 9.93. The molecule has 0 unspecified atom stereocenters. The second-order valence-electron chi connectivity index (χ2n) is 3.32. The average molecular weight is 142 g/mol. The predicted molar refractivity (Wildman–Crippen MR) is 37.2 cm³/mol. The summed E-state index contributed by atoms with van der Waals surface area (Å²) in [6, 6.07) is 0. The zero-order valence-corrected chi connectivity index (χ0v) is 6.40. The molecule has 0 fully saturated rings. The number of aromatic amines is 1.